The largest absolute Gasteiger partial charge is 0.135 e. The molecule has 2 aliphatic rings. The molecule has 0 nitrogen and oxygen atoms in total. The Morgan fingerprint density at radius 1 is 0.274 bits per heavy atom. The number of thiophene rings is 1. The second-order valence-electron chi connectivity index (χ2n) is 17.0. The highest BCUT2D eigenvalue weighted by Gasteiger charge is 2.50. The van der Waals surface area contributed by atoms with Gasteiger partial charge in [-0.2, -0.15) is 0 Å². The minimum Gasteiger partial charge on any atom is -0.135 e. The number of hydrogen-bond donors (Lipinski definition) is 0. The molecule has 12 aromatic rings. The van der Waals surface area contributed by atoms with Crippen LogP contribution in [-0.2, 0) is 5.41 Å². The number of rotatable bonds is 3. The molecule has 0 radical (unpaired) electrons. The van der Waals surface area contributed by atoms with E-state index in [1.165, 1.54) is 130 Å². The van der Waals surface area contributed by atoms with Crippen LogP contribution in [0.3, 0.4) is 0 Å². The molecule has 1 heteroatoms. The van der Waals surface area contributed by atoms with Crippen molar-refractivity contribution < 1.29 is 0 Å². The zero-order valence-corrected chi connectivity index (χ0v) is 34.5. The van der Waals surface area contributed by atoms with Gasteiger partial charge in [-0.25, -0.2) is 0 Å². The molecule has 11 aromatic carbocycles. The lowest BCUT2D eigenvalue weighted by atomic mass is 9.61. The van der Waals surface area contributed by atoms with Crippen LogP contribution < -0.4 is 0 Å². The van der Waals surface area contributed by atoms with E-state index in [2.05, 4.69) is 218 Å². The highest BCUT2D eigenvalue weighted by molar-refractivity contribution is 7.26. The quantitative estimate of drug-likeness (QED) is 0.156. The summed E-state index contributed by atoms with van der Waals surface area (Å²) in [6.45, 7) is 0. The van der Waals surface area contributed by atoms with Gasteiger partial charge in [0.05, 0.1) is 5.41 Å². The highest BCUT2D eigenvalue weighted by Crippen LogP contribution is 2.62. The van der Waals surface area contributed by atoms with Gasteiger partial charge in [0.1, 0.15) is 0 Å². The summed E-state index contributed by atoms with van der Waals surface area (Å²) in [5.41, 5.74) is 17.9. The van der Waals surface area contributed by atoms with Gasteiger partial charge < -0.3 is 0 Å². The molecule has 0 unspecified atom stereocenters. The summed E-state index contributed by atoms with van der Waals surface area (Å²) in [6.07, 6.45) is 0. The summed E-state index contributed by atoms with van der Waals surface area (Å²) >= 11 is 1.89. The van der Waals surface area contributed by atoms with Crippen molar-refractivity contribution in [2.75, 3.05) is 0 Å². The zero-order valence-electron chi connectivity index (χ0n) is 33.7. The van der Waals surface area contributed by atoms with Gasteiger partial charge in [0, 0.05) is 20.2 Å². The molecule has 286 valence electrons. The zero-order chi connectivity index (χ0) is 40.5. The van der Waals surface area contributed by atoms with Crippen molar-refractivity contribution in [2.45, 2.75) is 5.41 Å². The van der Waals surface area contributed by atoms with E-state index in [4.69, 9.17) is 0 Å². The van der Waals surface area contributed by atoms with Crippen LogP contribution in [0, 0.1) is 0 Å². The van der Waals surface area contributed by atoms with Crippen LogP contribution in [0.5, 0.6) is 0 Å². The first-order valence-electron chi connectivity index (χ1n) is 21.6. The molecule has 1 aromatic heterocycles. The van der Waals surface area contributed by atoms with Crippen molar-refractivity contribution in [3.05, 3.63) is 241 Å². The van der Waals surface area contributed by atoms with E-state index in [0.29, 0.717) is 0 Å². The molecular weight excluding hydrogens is 765 g/mol. The van der Waals surface area contributed by atoms with Crippen LogP contribution in [0.2, 0.25) is 0 Å². The van der Waals surface area contributed by atoms with E-state index in [1.807, 2.05) is 11.3 Å². The van der Waals surface area contributed by atoms with Crippen molar-refractivity contribution in [3.8, 4) is 55.6 Å². The van der Waals surface area contributed by atoms with Gasteiger partial charge in [0.15, 0.2) is 0 Å². The Bertz CT molecular complexity index is 3780. The van der Waals surface area contributed by atoms with Gasteiger partial charge in [-0.1, -0.05) is 206 Å². The Hall–Kier alpha value is -7.58. The maximum Gasteiger partial charge on any atom is 0.0725 e. The van der Waals surface area contributed by atoms with Crippen molar-refractivity contribution in [2.24, 2.45) is 0 Å². The smallest absolute Gasteiger partial charge is 0.0725 e. The SMILES string of the molecule is c1cc(-c2c3ccccc3c(-c3ccc4c5c(cccc35)C3(c5ccccc5-c5ccccc53)c3ccccc3-4)c3ccccc23)cc(-c2cccc3c2sc2ccccc23)c1. The van der Waals surface area contributed by atoms with E-state index < -0.39 is 5.41 Å². The normalized spacial score (nSPS) is 13.3. The predicted octanol–water partition coefficient (Wildman–Crippen LogP) is 16.9. The molecule has 0 fully saturated rings. The lowest BCUT2D eigenvalue weighted by Crippen LogP contribution is -2.31. The molecule has 0 aliphatic heterocycles. The predicted molar refractivity (Wildman–Crippen MR) is 264 cm³/mol. The second-order valence-corrected chi connectivity index (χ2v) is 18.0. The van der Waals surface area contributed by atoms with Gasteiger partial charge in [-0.3, -0.25) is 0 Å². The van der Waals surface area contributed by atoms with Crippen LogP contribution in [0.25, 0.3) is 108 Å². The minimum atomic E-state index is -0.436. The molecule has 0 amide bonds. The molecule has 62 heavy (non-hydrogen) atoms. The molecule has 0 saturated heterocycles. The summed E-state index contributed by atoms with van der Waals surface area (Å²) in [5, 5.41) is 10.3. The van der Waals surface area contributed by atoms with Gasteiger partial charge in [0.2, 0.25) is 0 Å². The lowest BCUT2D eigenvalue weighted by Gasteiger charge is -2.40. The molecule has 0 bridgehead atoms. The Labute approximate surface area is 363 Å². The van der Waals surface area contributed by atoms with Gasteiger partial charge in [-0.05, 0) is 122 Å². The molecule has 1 spiro atoms. The molecular formula is C61H36S. The molecule has 14 rings (SSSR count). The Balaban J connectivity index is 1.04. The highest BCUT2D eigenvalue weighted by atomic mass is 32.1. The van der Waals surface area contributed by atoms with Crippen LogP contribution in [0.1, 0.15) is 22.3 Å². The Morgan fingerprint density at radius 3 is 1.40 bits per heavy atom. The molecule has 0 saturated carbocycles. The molecule has 0 N–H and O–H groups in total. The van der Waals surface area contributed by atoms with Crippen LogP contribution in [0.15, 0.2) is 218 Å². The summed E-state index contributed by atoms with van der Waals surface area (Å²) in [4.78, 5) is 0. The van der Waals surface area contributed by atoms with Gasteiger partial charge in [-0.15, -0.1) is 11.3 Å². The van der Waals surface area contributed by atoms with E-state index in [9.17, 15) is 0 Å². The third kappa shape index (κ3) is 4.40. The molecule has 1 heterocycles. The maximum atomic E-state index is 2.42. The third-order valence-electron chi connectivity index (χ3n) is 14.1. The van der Waals surface area contributed by atoms with E-state index >= 15 is 0 Å². The topological polar surface area (TPSA) is 0 Å². The van der Waals surface area contributed by atoms with Gasteiger partial charge in [0.25, 0.3) is 0 Å². The first-order valence-corrected chi connectivity index (χ1v) is 22.4. The third-order valence-corrected chi connectivity index (χ3v) is 15.3. The fourth-order valence-electron chi connectivity index (χ4n) is 11.7. The number of hydrogen-bond acceptors (Lipinski definition) is 1. The van der Waals surface area contributed by atoms with E-state index in [1.54, 1.807) is 0 Å². The molecule has 0 atom stereocenters. The standard InChI is InChI=1S/C61H36S/c1-3-24-46-44(22-1)57(38-17-13-16-37(36-38)39-26-14-28-51-43-21-8-12-33-56(43)62-60(39)51)45-23-2-4-25-47(45)58(46)50-35-34-49-42-20-7-11-31-54(42)61(55-32-15-27-48(50)59(49)55)52-29-9-5-18-40(52)41-19-6-10-30-53(41)61/h1-36H. The first kappa shape index (κ1) is 34.2. The maximum absolute atomic E-state index is 2.42. The second kappa shape index (κ2) is 12.7. The van der Waals surface area contributed by atoms with E-state index in [0.717, 1.165) is 0 Å². The van der Waals surface area contributed by atoms with Crippen molar-refractivity contribution >= 4 is 63.8 Å². The summed E-state index contributed by atoms with van der Waals surface area (Å²) in [6, 6.07) is 82.3. The average Bonchev–Trinajstić information content (AvgIpc) is 3.87. The van der Waals surface area contributed by atoms with Crippen LogP contribution in [0.4, 0.5) is 0 Å². The van der Waals surface area contributed by atoms with Crippen molar-refractivity contribution in [1.29, 1.82) is 0 Å². The number of fused-ring (bicyclic) bond motifs is 14. The first-order chi connectivity index (χ1) is 30.8. The summed E-state index contributed by atoms with van der Waals surface area (Å²) in [7, 11) is 0. The summed E-state index contributed by atoms with van der Waals surface area (Å²) < 4.78 is 2.67. The Kier molecular flexibility index (Phi) is 7.01. The summed E-state index contributed by atoms with van der Waals surface area (Å²) in [5.74, 6) is 0. The Morgan fingerprint density at radius 2 is 0.726 bits per heavy atom. The molecule has 2 aliphatic carbocycles. The monoisotopic (exact) mass is 800 g/mol. The minimum absolute atomic E-state index is 0.436. The lowest BCUT2D eigenvalue weighted by molar-refractivity contribution is 0.773. The van der Waals surface area contributed by atoms with Crippen LogP contribution in [-0.4, -0.2) is 0 Å². The van der Waals surface area contributed by atoms with Gasteiger partial charge >= 0.3 is 0 Å². The van der Waals surface area contributed by atoms with Crippen molar-refractivity contribution in [3.63, 3.8) is 0 Å². The fraction of sp³-hybridized carbons (Fsp3) is 0.0164. The average molecular weight is 801 g/mol. The van der Waals surface area contributed by atoms with Crippen molar-refractivity contribution in [1.82, 2.24) is 0 Å². The fourth-order valence-corrected chi connectivity index (χ4v) is 13.0. The number of benzene rings is 11. The van der Waals surface area contributed by atoms with E-state index in [-0.39, 0.29) is 0 Å². The van der Waals surface area contributed by atoms with Crippen LogP contribution >= 0.6 is 11.3 Å².